The van der Waals surface area contributed by atoms with Crippen molar-refractivity contribution in [3.05, 3.63) is 0 Å². The molecular formula is C12H22N2O3. The molecule has 98 valence electrons. The van der Waals surface area contributed by atoms with Crippen LogP contribution in [0.1, 0.15) is 19.3 Å². The second-order valence-corrected chi connectivity index (χ2v) is 4.88. The Morgan fingerprint density at radius 3 is 2.82 bits per heavy atom. The van der Waals surface area contributed by atoms with Crippen LogP contribution >= 0.6 is 0 Å². The Labute approximate surface area is 102 Å². The highest BCUT2D eigenvalue weighted by molar-refractivity contribution is 5.78. The number of hydrogen-bond donors (Lipinski definition) is 1. The van der Waals surface area contributed by atoms with Gasteiger partial charge in [-0.25, -0.2) is 0 Å². The van der Waals surface area contributed by atoms with Gasteiger partial charge in [-0.2, -0.15) is 0 Å². The van der Waals surface area contributed by atoms with Gasteiger partial charge in [0.25, 0.3) is 0 Å². The van der Waals surface area contributed by atoms with Gasteiger partial charge in [0, 0.05) is 39.8 Å². The molecule has 1 unspecified atom stereocenters. The van der Waals surface area contributed by atoms with Crippen molar-refractivity contribution in [1.29, 1.82) is 0 Å². The average molecular weight is 242 g/mol. The normalized spacial score (nSPS) is 28.9. The van der Waals surface area contributed by atoms with Crippen molar-refractivity contribution >= 4 is 5.91 Å². The van der Waals surface area contributed by atoms with E-state index >= 15 is 0 Å². The molecule has 1 atom stereocenters. The molecule has 1 amide bonds. The molecule has 0 aromatic heterocycles. The standard InChI is InChI=1S/C12H22N2O3/c1-16-12(4-7-17-10-12)9-13-8-11(15)14-5-2-3-6-14/h13H,2-10H2,1H3. The molecule has 0 radical (unpaired) electrons. The van der Waals surface area contributed by atoms with Crippen LogP contribution in [0.3, 0.4) is 0 Å². The number of amides is 1. The van der Waals surface area contributed by atoms with Gasteiger partial charge in [0.15, 0.2) is 0 Å². The lowest BCUT2D eigenvalue weighted by molar-refractivity contribution is -0.129. The summed E-state index contributed by atoms with van der Waals surface area (Å²) in [5.41, 5.74) is -0.231. The Morgan fingerprint density at radius 1 is 1.47 bits per heavy atom. The van der Waals surface area contributed by atoms with E-state index in [1.165, 1.54) is 0 Å². The Morgan fingerprint density at radius 2 is 2.24 bits per heavy atom. The molecule has 2 saturated heterocycles. The lowest BCUT2D eigenvalue weighted by atomic mass is 10.0. The Hall–Kier alpha value is -0.650. The Balaban J connectivity index is 1.69. The molecule has 5 nitrogen and oxygen atoms in total. The molecule has 2 rings (SSSR count). The highest BCUT2D eigenvalue weighted by atomic mass is 16.5. The molecule has 2 heterocycles. The number of likely N-dealkylation sites (tertiary alicyclic amines) is 1. The summed E-state index contributed by atoms with van der Waals surface area (Å²) in [7, 11) is 1.71. The number of methoxy groups -OCH3 is 1. The molecular weight excluding hydrogens is 220 g/mol. The predicted octanol–water partition coefficient (Wildman–Crippen LogP) is 0.00390. The van der Waals surface area contributed by atoms with Crippen molar-refractivity contribution in [2.45, 2.75) is 24.9 Å². The zero-order chi connectivity index (χ0) is 12.1. The SMILES string of the molecule is COC1(CNCC(=O)N2CCCC2)CCOC1. The molecule has 0 bridgehead atoms. The van der Waals surface area contributed by atoms with Crippen LogP contribution in [0.5, 0.6) is 0 Å². The number of ether oxygens (including phenoxy) is 2. The highest BCUT2D eigenvalue weighted by Crippen LogP contribution is 2.21. The van der Waals surface area contributed by atoms with E-state index < -0.39 is 0 Å². The zero-order valence-electron chi connectivity index (χ0n) is 10.5. The minimum Gasteiger partial charge on any atom is -0.378 e. The van der Waals surface area contributed by atoms with Gasteiger partial charge in [-0.3, -0.25) is 4.79 Å². The first-order chi connectivity index (χ1) is 8.26. The van der Waals surface area contributed by atoms with Crippen LogP contribution in [0.25, 0.3) is 0 Å². The summed E-state index contributed by atoms with van der Waals surface area (Å²) in [5, 5.41) is 3.20. The molecule has 2 fully saturated rings. The van der Waals surface area contributed by atoms with Crippen LogP contribution < -0.4 is 5.32 Å². The lowest BCUT2D eigenvalue weighted by Crippen LogP contribution is -2.46. The van der Waals surface area contributed by atoms with Gasteiger partial charge in [0.1, 0.15) is 5.60 Å². The van der Waals surface area contributed by atoms with Crippen molar-refractivity contribution in [2.75, 3.05) is 46.5 Å². The summed E-state index contributed by atoms with van der Waals surface area (Å²) in [5.74, 6) is 0.202. The van der Waals surface area contributed by atoms with E-state index in [9.17, 15) is 4.79 Å². The number of carbonyl (C=O) groups is 1. The number of hydrogen-bond acceptors (Lipinski definition) is 4. The molecule has 0 aliphatic carbocycles. The van der Waals surface area contributed by atoms with E-state index in [1.807, 2.05) is 4.90 Å². The molecule has 0 saturated carbocycles. The van der Waals surface area contributed by atoms with Gasteiger partial charge in [0.05, 0.1) is 13.2 Å². The topological polar surface area (TPSA) is 50.8 Å². The summed E-state index contributed by atoms with van der Waals surface area (Å²) >= 11 is 0. The summed E-state index contributed by atoms with van der Waals surface area (Å²) < 4.78 is 10.8. The number of carbonyl (C=O) groups excluding carboxylic acids is 1. The third-order valence-corrected chi connectivity index (χ3v) is 3.68. The lowest BCUT2D eigenvalue weighted by Gasteiger charge is -2.26. The van der Waals surface area contributed by atoms with E-state index in [4.69, 9.17) is 9.47 Å². The highest BCUT2D eigenvalue weighted by Gasteiger charge is 2.34. The van der Waals surface area contributed by atoms with Crippen LogP contribution in [-0.2, 0) is 14.3 Å². The van der Waals surface area contributed by atoms with Crippen molar-refractivity contribution in [3.63, 3.8) is 0 Å². The number of nitrogens with one attached hydrogen (secondary N) is 1. The average Bonchev–Trinajstić information content (AvgIpc) is 3.01. The van der Waals surface area contributed by atoms with Crippen LogP contribution in [0.2, 0.25) is 0 Å². The second-order valence-electron chi connectivity index (χ2n) is 4.88. The summed E-state index contributed by atoms with van der Waals surface area (Å²) in [4.78, 5) is 13.7. The maximum absolute atomic E-state index is 11.8. The summed E-state index contributed by atoms with van der Waals surface area (Å²) in [6.07, 6.45) is 3.18. The third kappa shape index (κ3) is 3.18. The summed E-state index contributed by atoms with van der Waals surface area (Å²) in [6, 6.07) is 0. The second kappa shape index (κ2) is 5.80. The van der Waals surface area contributed by atoms with Crippen LogP contribution in [0.15, 0.2) is 0 Å². The van der Waals surface area contributed by atoms with Crippen LogP contribution in [0.4, 0.5) is 0 Å². The van der Waals surface area contributed by atoms with Crippen molar-refractivity contribution in [1.82, 2.24) is 10.2 Å². The largest absolute Gasteiger partial charge is 0.378 e. The van der Waals surface area contributed by atoms with Gasteiger partial charge < -0.3 is 19.7 Å². The fourth-order valence-electron chi connectivity index (χ4n) is 2.44. The van der Waals surface area contributed by atoms with Crippen molar-refractivity contribution in [2.24, 2.45) is 0 Å². The molecule has 5 heteroatoms. The van der Waals surface area contributed by atoms with Crippen LogP contribution in [-0.4, -0.2) is 62.9 Å². The smallest absolute Gasteiger partial charge is 0.236 e. The van der Waals surface area contributed by atoms with Gasteiger partial charge in [0.2, 0.25) is 5.91 Å². The monoisotopic (exact) mass is 242 g/mol. The Bertz CT molecular complexity index is 258. The third-order valence-electron chi connectivity index (χ3n) is 3.68. The van der Waals surface area contributed by atoms with Gasteiger partial charge >= 0.3 is 0 Å². The Kier molecular flexibility index (Phi) is 4.36. The molecule has 1 N–H and O–H groups in total. The molecule has 0 aromatic carbocycles. The zero-order valence-corrected chi connectivity index (χ0v) is 10.5. The fourth-order valence-corrected chi connectivity index (χ4v) is 2.44. The molecule has 2 aliphatic heterocycles. The number of nitrogens with zero attached hydrogens (tertiary/aromatic N) is 1. The van der Waals surface area contributed by atoms with E-state index in [0.717, 1.165) is 39.0 Å². The van der Waals surface area contributed by atoms with Crippen LogP contribution in [0, 0.1) is 0 Å². The molecule has 0 spiro atoms. The predicted molar refractivity (Wildman–Crippen MR) is 63.9 cm³/mol. The quantitative estimate of drug-likeness (QED) is 0.737. The minimum absolute atomic E-state index is 0.202. The summed E-state index contributed by atoms with van der Waals surface area (Å²) in [6.45, 7) is 4.29. The minimum atomic E-state index is -0.231. The number of rotatable bonds is 5. The first-order valence-corrected chi connectivity index (χ1v) is 6.37. The van der Waals surface area contributed by atoms with E-state index in [2.05, 4.69) is 5.32 Å². The van der Waals surface area contributed by atoms with E-state index in [0.29, 0.717) is 19.7 Å². The van der Waals surface area contributed by atoms with Crippen molar-refractivity contribution in [3.8, 4) is 0 Å². The molecule has 0 aromatic rings. The van der Waals surface area contributed by atoms with E-state index in [-0.39, 0.29) is 11.5 Å². The maximum Gasteiger partial charge on any atom is 0.236 e. The van der Waals surface area contributed by atoms with Crippen molar-refractivity contribution < 1.29 is 14.3 Å². The molecule has 2 aliphatic rings. The van der Waals surface area contributed by atoms with E-state index in [1.54, 1.807) is 7.11 Å². The fraction of sp³-hybridized carbons (Fsp3) is 0.917. The van der Waals surface area contributed by atoms with Gasteiger partial charge in [-0.05, 0) is 12.8 Å². The first-order valence-electron chi connectivity index (χ1n) is 6.37. The maximum atomic E-state index is 11.8. The van der Waals surface area contributed by atoms with Gasteiger partial charge in [-0.15, -0.1) is 0 Å². The first kappa shape index (κ1) is 12.8. The van der Waals surface area contributed by atoms with Gasteiger partial charge in [-0.1, -0.05) is 0 Å². The molecule has 17 heavy (non-hydrogen) atoms.